The lowest BCUT2D eigenvalue weighted by molar-refractivity contribution is -0.117. The van der Waals surface area contributed by atoms with Gasteiger partial charge in [0.25, 0.3) is 0 Å². The highest BCUT2D eigenvalue weighted by Crippen LogP contribution is 2.28. The van der Waals surface area contributed by atoms with E-state index in [0.717, 1.165) is 5.39 Å². The fourth-order valence-electron chi connectivity index (χ4n) is 2.06. The molecule has 2 rings (SSSR count). The van der Waals surface area contributed by atoms with Gasteiger partial charge in [-0.1, -0.05) is 12.1 Å². The Morgan fingerprint density at radius 3 is 2.35 bits per heavy atom. The number of para-hydroxylation sites is 1. The van der Waals surface area contributed by atoms with Crippen LogP contribution in [0.2, 0.25) is 0 Å². The maximum atomic E-state index is 11.2. The van der Waals surface area contributed by atoms with Gasteiger partial charge in [0.15, 0.2) is 0 Å². The zero-order valence-corrected chi connectivity index (χ0v) is 10.7. The third-order valence-corrected chi connectivity index (χ3v) is 2.81. The maximum Gasteiger partial charge on any atom is 0.236 e. The lowest BCUT2D eigenvalue weighted by atomic mass is 10.1. The Morgan fingerprint density at radius 1 is 1.10 bits per heavy atom. The van der Waals surface area contributed by atoms with Gasteiger partial charge in [0.05, 0.1) is 24.3 Å². The van der Waals surface area contributed by atoms with Crippen molar-refractivity contribution in [2.75, 3.05) is 23.7 Å². The van der Waals surface area contributed by atoms with Crippen LogP contribution in [-0.4, -0.2) is 29.9 Å². The van der Waals surface area contributed by atoms with Gasteiger partial charge in [-0.3, -0.25) is 14.6 Å². The molecular weight excluding hydrogens is 258 g/mol. The number of aromatic nitrogens is 1. The predicted octanol–water partition coefficient (Wildman–Crippen LogP) is -0.406. The van der Waals surface area contributed by atoms with E-state index in [0.29, 0.717) is 16.9 Å². The zero-order chi connectivity index (χ0) is 14.7. The Balaban J connectivity index is 2.55. The summed E-state index contributed by atoms with van der Waals surface area (Å²) in [6.45, 7) is -0.228. The molecule has 0 unspecified atom stereocenters. The van der Waals surface area contributed by atoms with Gasteiger partial charge in [-0.05, 0) is 12.1 Å². The minimum absolute atomic E-state index is 0.114. The number of hydrogen-bond donors (Lipinski definition) is 3. The summed E-state index contributed by atoms with van der Waals surface area (Å²) in [6.07, 6.45) is 1.56. The number of fused-ring (bicyclic) bond motifs is 1. The van der Waals surface area contributed by atoms with E-state index in [2.05, 4.69) is 4.98 Å². The monoisotopic (exact) mass is 273 g/mol. The van der Waals surface area contributed by atoms with E-state index >= 15 is 0 Å². The molecule has 0 radical (unpaired) electrons. The first-order chi connectivity index (χ1) is 9.49. The van der Waals surface area contributed by atoms with Crippen LogP contribution in [0.1, 0.15) is 0 Å². The summed E-state index contributed by atoms with van der Waals surface area (Å²) >= 11 is 0. The lowest BCUT2D eigenvalue weighted by Gasteiger charge is -2.23. The normalized spacial score (nSPS) is 10.4. The second-order valence-corrected chi connectivity index (χ2v) is 4.36. The summed E-state index contributed by atoms with van der Waals surface area (Å²) in [5.74, 6) is -1.11. The average Bonchev–Trinajstić information content (AvgIpc) is 2.37. The summed E-state index contributed by atoms with van der Waals surface area (Å²) in [5, 5.41) is 0.731. The standard InChI is InChI=1S/C13H15N5O2/c14-9-3-1-2-8-10(4-5-17-13(8)9)18(6-11(15)19)7-12(16)20/h1-5H,6-7,14H2,(H2,15,19)(H2,16,20). The number of pyridine rings is 1. The van der Waals surface area contributed by atoms with Crippen molar-refractivity contribution in [3.63, 3.8) is 0 Å². The van der Waals surface area contributed by atoms with Gasteiger partial charge in [0, 0.05) is 17.3 Å². The van der Waals surface area contributed by atoms with Crippen molar-refractivity contribution in [2.45, 2.75) is 0 Å². The number of amides is 2. The number of nitrogens with zero attached hydrogens (tertiary/aromatic N) is 2. The first kappa shape index (κ1) is 13.6. The molecule has 0 aliphatic heterocycles. The summed E-state index contributed by atoms with van der Waals surface area (Å²) in [5.41, 5.74) is 18.0. The molecule has 0 aliphatic rings. The largest absolute Gasteiger partial charge is 0.397 e. The number of hydrogen-bond acceptors (Lipinski definition) is 5. The van der Waals surface area contributed by atoms with Crippen molar-refractivity contribution in [1.82, 2.24) is 4.98 Å². The molecule has 20 heavy (non-hydrogen) atoms. The fourth-order valence-corrected chi connectivity index (χ4v) is 2.06. The van der Waals surface area contributed by atoms with Crippen molar-refractivity contribution >= 4 is 34.1 Å². The molecule has 6 N–H and O–H groups in total. The van der Waals surface area contributed by atoms with Gasteiger partial charge >= 0.3 is 0 Å². The quantitative estimate of drug-likeness (QED) is 0.638. The number of nitrogens with two attached hydrogens (primary N) is 3. The summed E-state index contributed by atoms with van der Waals surface area (Å²) in [4.78, 5) is 28.0. The van der Waals surface area contributed by atoms with Crippen LogP contribution in [0.5, 0.6) is 0 Å². The van der Waals surface area contributed by atoms with Crippen molar-refractivity contribution in [2.24, 2.45) is 11.5 Å². The van der Waals surface area contributed by atoms with Crippen molar-refractivity contribution < 1.29 is 9.59 Å². The Labute approximate surface area is 115 Å². The molecule has 0 spiro atoms. The van der Waals surface area contributed by atoms with Crippen molar-refractivity contribution in [3.8, 4) is 0 Å². The van der Waals surface area contributed by atoms with E-state index in [9.17, 15) is 9.59 Å². The number of carbonyl (C=O) groups is 2. The minimum Gasteiger partial charge on any atom is -0.397 e. The molecule has 0 saturated heterocycles. The molecule has 0 saturated carbocycles. The first-order valence-corrected chi connectivity index (χ1v) is 5.94. The molecule has 1 aromatic heterocycles. The summed E-state index contributed by atoms with van der Waals surface area (Å²) in [7, 11) is 0. The van der Waals surface area contributed by atoms with E-state index in [1.807, 2.05) is 6.07 Å². The van der Waals surface area contributed by atoms with Crippen LogP contribution >= 0.6 is 0 Å². The number of primary amides is 2. The topological polar surface area (TPSA) is 128 Å². The molecule has 104 valence electrons. The SMILES string of the molecule is NC(=O)CN(CC(N)=O)c1ccnc2c(N)cccc12. The van der Waals surface area contributed by atoms with Gasteiger partial charge in [-0.25, -0.2) is 0 Å². The second kappa shape index (κ2) is 5.43. The molecule has 2 aromatic rings. The van der Waals surface area contributed by atoms with Crippen LogP contribution < -0.4 is 22.1 Å². The third-order valence-electron chi connectivity index (χ3n) is 2.81. The highest BCUT2D eigenvalue weighted by molar-refractivity contribution is 6.00. The van der Waals surface area contributed by atoms with E-state index in [1.54, 1.807) is 24.4 Å². The van der Waals surface area contributed by atoms with Crippen LogP contribution in [0.15, 0.2) is 30.5 Å². The zero-order valence-electron chi connectivity index (χ0n) is 10.7. The molecule has 0 bridgehead atoms. The Bertz CT molecular complexity index is 655. The molecule has 0 fully saturated rings. The van der Waals surface area contributed by atoms with Gasteiger partial charge in [0.1, 0.15) is 0 Å². The molecular formula is C13H15N5O2. The van der Waals surface area contributed by atoms with E-state index < -0.39 is 11.8 Å². The van der Waals surface area contributed by atoms with Crippen LogP contribution in [-0.2, 0) is 9.59 Å². The van der Waals surface area contributed by atoms with E-state index in [4.69, 9.17) is 17.2 Å². The lowest BCUT2D eigenvalue weighted by Crippen LogP contribution is -2.39. The molecule has 1 aromatic carbocycles. The van der Waals surface area contributed by atoms with Gasteiger partial charge in [-0.2, -0.15) is 0 Å². The highest BCUT2D eigenvalue weighted by atomic mass is 16.2. The van der Waals surface area contributed by atoms with Crippen LogP contribution in [0, 0.1) is 0 Å². The third kappa shape index (κ3) is 2.77. The van der Waals surface area contributed by atoms with E-state index in [1.165, 1.54) is 4.90 Å². The molecule has 7 nitrogen and oxygen atoms in total. The second-order valence-electron chi connectivity index (χ2n) is 4.36. The van der Waals surface area contributed by atoms with Crippen molar-refractivity contribution in [1.29, 1.82) is 0 Å². The molecule has 1 heterocycles. The highest BCUT2D eigenvalue weighted by Gasteiger charge is 2.15. The molecule has 0 atom stereocenters. The fraction of sp³-hybridized carbons (Fsp3) is 0.154. The molecule has 0 aliphatic carbocycles. The number of benzene rings is 1. The summed E-state index contributed by atoms with van der Waals surface area (Å²) in [6, 6.07) is 7.00. The number of anilines is 2. The number of carbonyl (C=O) groups excluding carboxylic acids is 2. The number of nitrogen functional groups attached to an aromatic ring is 1. The Hall–Kier alpha value is -2.83. The van der Waals surface area contributed by atoms with Gasteiger partial charge in [0.2, 0.25) is 11.8 Å². The molecule has 7 heteroatoms. The molecule has 2 amide bonds. The number of rotatable bonds is 5. The minimum atomic E-state index is -0.555. The first-order valence-electron chi connectivity index (χ1n) is 5.94. The van der Waals surface area contributed by atoms with E-state index in [-0.39, 0.29) is 13.1 Å². The Kier molecular flexibility index (Phi) is 3.69. The predicted molar refractivity (Wildman–Crippen MR) is 76.8 cm³/mol. The van der Waals surface area contributed by atoms with Crippen molar-refractivity contribution in [3.05, 3.63) is 30.5 Å². The van der Waals surface area contributed by atoms with Gasteiger partial charge in [-0.15, -0.1) is 0 Å². The van der Waals surface area contributed by atoms with Crippen LogP contribution in [0.25, 0.3) is 10.9 Å². The van der Waals surface area contributed by atoms with Crippen LogP contribution in [0.4, 0.5) is 11.4 Å². The maximum absolute atomic E-state index is 11.2. The van der Waals surface area contributed by atoms with Crippen LogP contribution in [0.3, 0.4) is 0 Å². The van der Waals surface area contributed by atoms with Gasteiger partial charge < -0.3 is 22.1 Å². The average molecular weight is 273 g/mol. The summed E-state index contributed by atoms with van der Waals surface area (Å²) < 4.78 is 0. The Morgan fingerprint density at radius 2 is 1.75 bits per heavy atom. The smallest absolute Gasteiger partial charge is 0.236 e.